The van der Waals surface area contributed by atoms with Crippen molar-refractivity contribution in [1.29, 1.82) is 0 Å². The molecule has 2 heterocycles. The lowest BCUT2D eigenvalue weighted by atomic mass is 9.90. The number of anilines is 2. The van der Waals surface area contributed by atoms with Crippen molar-refractivity contribution in [2.75, 3.05) is 16.6 Å². The van der Waals surface area contributed by atoms with Gasteiger partial charge in [0.05, 0.1) is 24.0 Å². The van der Waals surface area contributed by atoms with E-state index in [0.717, 1.165) is 23.4 Å². The molecule has 2 fully saturated rings. The van der Waals surface area contributed by atoms with E-state index in [9.17, 15) is 9.59 Å². The van der Waals surface area contributed by atoms with Gasteiger partial charge < -0.3 is 4.74 Å². The molecule has 2 saturated heterocycles. The fourth-order valence-corrected chi connectivity index (χ4v) is 5.22. The highest BCUT2D eigenvalue weighted by Crippen LogP contribution is 2.47. The Morgan fingerprint density at radius 1 is 0.730 bits per heavy atom. The third-order valence-corrected chi connectivity index (χ3v) is 7.13. The molecule has 0 N–H and O–H groups in total. The molecule has 0 unspecified atom stereocenters. The summed E-state index contributed by atoms with van der Waals surface area (Å²) in [4.78, 5) is 34.5. The fourth-order valence-electron chi connectivity index (χ4n) is 5.22. The van der Waals surface area contributed by atoms with Crippen molar-refractivity contribution < 1.29 is 19.2 Å². The van der Waals surface area contributed by atoms with Gasteiger partial charge >= 0.3 is 0 Å². The van der Waals surface area contributed by atoms with Crippen LogP contribution in [0.1, 0.15) is 57.1 Å². The van der Waals surface area contributed by atoms with Crippen LogP contribution < -0.4 is 14.7 Å². The van der Waals surface area contributed by atoms with Gasteiger partial charge in [-0.2, -0.15) is 0 Å². The number of amides is 2. The van der Waals surface area contributed by atoms with Crippen LogP contribution in [0.2, 0.25) is 0 Å². The number of ether oxygens (including phenoxy) is 1. The van der Waals surface area contributed by atoms with Crippen LogP contribution in [-0.4, -0.2) is 24.5 Å². The van der Waals surface area contributed by atoms with E-state index >= 15 is 0 Å². The van der Waals surface area contributed by atoms with Gasteiger partial charge in [-0.3, -0.25) is 14.4 Å². The number of hydrogen-bond acceptors (Lipinski definition) is 5. The molecule has 6 heteroatoms. The van der Waals surface area contributed by atoms with Crippen LogP contribution in [0.5, 0.6) is 5.75 Å². The topological polar surface area (TPSA) is 59.1 Å². The van der Waals surface area contributed by atoms with Crippen molar-refractivity contribution in [3.05, 3.63) is 90.5 Å². The third kappa shape index (κ3) is 5.25. The maximum Gasteiger partial charge on any atom is 0.266 e. The lowest BCUT2D eigenvalue weighted by molar-refractivity contribution is -0.126. The highest BCUT2D eigenvalue weighted by molar-refractivity contribution is 6.23. The Morgan fingerprint density at radius 3 is 2.03 bits per heavy atom. The minimum absolute atomic E-state index is 0.243. The molecular weight excluding hydrogens is 464 g/mol. The van der Waals surface area contributed by atoms with Crippen molar-refractivity contribution in [2.45, 2.75) is 57.6 Å². The number of hydrogen-bond donors (Lipinski definition) is 0. The van der Waals surface area contributed by atoms with E-state index < -0.39 is 18.1 Å². The number of carbonyl (C=O) groups excluding carboxylic acids is 2. The average Bonchev–Trinajstić information content (AvgIpc) is 3.45. The van der Waals surface area contributed by atoms with Gasteiger partial charge in [0.2, 0.25) is 5.91 Å². The van der Waals surface area contributed by atoms with E-state index in [1.54, 1.807) is 17.2 Å². The molecule has 0 saturated carbocycles. The van der Waals surface area contributed by atoms with Crippen LogP contribution in [0.15, 0.2) is 84.9 Å². The minimum Gasteiger partial charge on any atom is -0.494 e. The van der Waals surface area contributed by atoms with Crippen molar-refractivity contribution in [2.24, 2.45) is 5.92 Å². The predicted octanol–water partition coefficient (Wildman–Crippen LogP) is 6.48. The molecule has 6 nitrogen and oxygen atoms in total. The molecule has 0 bridgehead atoms. The highest BCUT2D eigenvalue weighted by atomic mass is 16.7. The first-order chi connectivity index (χ1) is 18.2. The Morgan fingerprint density at radius 2 is 1.35 bits per heavy atom. The zero-order chi connectivity index (χ0) is 25.6. The summed E-state index contributed by atoms with van der Waals surface area (Å²) in [6.45, 7) is 2.92. The molecule has 3 aromatic carbocycles. The normalized spacial score (nSPS) is 20.9. The number of para-hydroxylation sites is 2. The Bertz CT molecular complexity index is 1180. The van der Waals surface area contributed by atoms with Crippen molar-refractivity contribution >= 4 is 23.2 Å². The molecule has 2 aliphatic heterocycles. The molecule has 0 radical (unpaired) electrons. The van der Waals surface area contributed by atoms with E-state index in [2.05, 4.69) is 6.92 Å². The third-order valence-electron chi connectivity index (χ3n) is 7.13. The van der Waals surface area contributed by atoms with Crippen molar-refractivity contribution in [3.63, 3.8) is 0 Å². The van der Waals surface area contributed by atoms with E-state index in [1.165, 1.54) is 37.0 Å². The first-order valence-corrected chi connectivity index (χ1v) is 13.4. The van der Waals surface area contributed by atoms with E-state index in [1.807, 2.05) is 72.8 Å². The zero-order valence-electron chi connectivity index (χ0n) is 21.3. The van der Waals surface area contributed by atoms with Crippen LogP contribution in [-0.2, 0) is 14.4 Å². The smallest absolute Gasteiger partial charge is 0.266 e. The molecule has 37 heavy (non-hydrogen) atoms. The second-order valence-electron chi connectivity index (χ2n) is 9.69. The van der Waals surface area contributed by atoms with Crippen LogP contribution >= 0.6 is 0 Å². The van der Waals surface area contributed by atoms with Gasteiger partial charge in [-0.15, -0.1) is 0 Å². The van der Waals surface area contributed by atoms with Crippen LogP contribution in [0.4, 0.5) is 11.4 Å². The van der Waals surface area contributed by atoms with Crippen LogP contribution in [0.25, 0.3) is 0 Å². The Labute approximate surface area is 218 Å². The largest absolute Gasteiger partial charge is 0.494 e. The summed E-state index contributed by atoms with van der Waals surface area (Å²) in [5.74, 6) is -0.418. The maximum absolute atomic E-state index is 13.7. The average molecular weight is 499 g/mol. The zero-order valence-corrected chi connectivity index (χ0v) is 21.3. The second-order valence-corrected chi connectivity index (χ2v) is 9.69. The van der Waals surface area contributed by atoms with E-state index in [-0.39, 0.29) is 11.8 Å². The number of nitrogens with zero attached hydrogens (tertiary/aromatic N) is 2. The number of fused-ring (bicyclic) bond motifs is 1. The second kappa shape index (κ2) is 11.6. The highest BCUT2D eigenvalue weighted by Gasteiger charge is 2.60. The first-order valence-electron chi connectivity index (χ1n) is 13.4. The molecular formula is C31H34N2O4. The molecule has 3 aromatic rings. The summed E-state index contributed by atoms with van der Waals surface area (Å²) >= 11 is 0. The van der Waals surface area contributed by atoms with Gasteiger partial charge in [0.15, 0.2) is 6.10 Å². The Kier molecular flexibility index (Phi) is 7.85. The molecule has 2 amide bonds. The lowest BCUT2D eigenvalue weighted by Gasteiger charge is -2.28. The molecule has 5 rings (SSSR count). The predicted molar refractivity (Wildman–Crippen MR) is 144 cm³/mol. The van der Waals surface area contributed by atoms with Gasteiger partial charge in [0, 0.05) is 0 Å². The minimum atomic E-state index is -0.874. The van der Waals surface area contributed by atoms with Gasteiger partial charge in [-0.05, 0) is 48.4 Å². The number of benzene rings is 3. The first kappa shape index (κ1) is 25.0. The monoisotopic (exact) mass is 498 g/mol. The summed E-state index contributed by atoms with van der Waals surface area (Å²) in [7, 11) is 0. The molecule has 0 spiro atoms. The molecule has 2 aliphatic rings. The molecule has 192 valence electrons. The van der Waals surface area contributed by atoms with Gasteiger partial charge in [0.1, 0.15) is 11.7 Å². The van der Waals surface area contributed by atoms with Crippen molar-refractivity contribution in [3.8, 4) is 5.75 Å². The SMILES string of the molecule is CCCCCCCCOc1ccc([C@@H]2[C@@H]3C(=O)N(c4ccccc4)C(=O)[C@H]3ON2c2ccccc2)cc1. The number of carbonyl (C=O) groups is 2. The number of imide groups is 1. The fraction of sp³-hybridized carbons (Fsp3) is 0.355. The van der Waals surface area contributed by atoms with E-state index in [4.69, 9.17) is 9.57 Å². The number of rotatable bonds is 11. The van der Waals surface area contributed by atoms with Crippen molar-refractivity contribution in [1.82, 2.24) is 0 Å². The standard InChI is InChI=1S/C31H34N2O4/c1-2-3-4-5-6-13-22-36-26-20-18-23(19-21-26)28-27-29(37-33(28)25-16-11-8-12-17-25)31(35)32(30(27)34)24-14-9-7-10-15-24/h7-12,14-21,27-29H,2-6,13,22H2,1H3/t27-,28+,29-/m0/s1. The van der Waals surface area contributed by atoms with Gasteiger partial charge in [-0.25, -0.2) is 9.96 Å². The molecule has 0 aromatic heterocycles. The number of hydroxylamine groups is 1. The van der Waals surface area contributed by atoms with E-state index in [0.29, 0.717) is 12.3 Å². The molecule has 3 atom stereocenters. The van der Waals surface area contributed by atoms with Crippen LogP contribution in [0.3, 0.4) is 0 Å². The summed E-state index contributed by atoms with van der Waals surface area (Å²) in [6, 6.07) is 26.1. The molecule has 0 aliphatic carbocycles. The Hall–Kier alpha value is -3.64. The van der Waals surface area contributed by atoms with Crippen LogP contribution in [0, 0.1) is 5.92 Å². The number of unbranched alkanes of at least 4 members (excludes halogenated alkanes) is 5. The summed E-state index contributed by atoms with van der Waals surface area (Å²) in [5, 5.41) is 1.72. The quantitative estimate of drug-likeness (QED) is 0.224. The Balaban J connectivity index is 1.34. The summed E-state index contributed by atoms with van der Waals surface area (Å²) in [5.41, 5.74) is 2.27. The summed E-state index contributed by atoms with van der Waals surface area (Å²) in [6.07, 6.45) is 6.44. The lowest BCUT2D eigenvalue weighted by Crippen LogP contribution is -2.37. The maximum atomic E-state index is 13.7. The van der Waals surface area contributed by atoms with Gasteiger partial charge in [-0.1, -0.05) is 87.6 Å². The summed E-state index contributed by atoms with van der Waals surface area (Å²) < 4.78 is 5.97. The van der Waals surface area contributed by atoms with Gasteiger partial charge in [0.25, 0.3) is 5.91 Å².